The van der Waals surface area contributed by atoms with Crippen LogP contribution in [0.2, 0.25) is 0 Å². The third-order valence-electron chi connectivity index (χ3n) is 4.39. The van der Waals surface area contributed by atoms with Gasteiger partial charge in [-0.3, -0.25) is 4.79 Å². The molecule has 0 aliphatic rings. The fraction of sp³-hybridized carbons (Fsp3) is 0.286. The lowest BCUT2D eigenvalue weighted by Crippen LogP contribution is -2.23. The number of nitrogens with one attached hydrogen (secondary N) is 1. The van der Waals surface area contributed by atoms with E-state index in [-0.39, 0.29) is 12.5 Å². The van der Waals surface area contributed by atoms with Crippen LogP contribution < -0.4 is 5.32 Å². The topological polar surface area (TPSA) is 68.0 Å². The van der Waals surface area contributed by atoms with Crippen LogP contribution in [0, 0.1) is 20.8 Å². The van der Waals surface area contributed by atoms with Gasteiger partial charge in [0.15, 0.2) is 0 Å². The molecule has 3 aromatic rings. The molecular weight excluding hydrogens is 326 g/mol. The molecule has 5 heteroatoms. The van der Waals surface area contributed by atoms with Crippen LogP contribution in [0.5, 0.6) is 0 Å². The van der Waals surface area contributed by atoms with Crippen molar-refractivity contribution in [3.05, 3.63) is 70.6 Å². The Hall–Kier alpha value is -2.95. The van der Waals surface area contributed by atoms with E-state index in [1.807, 2.05) is 31.2 Å². The average Bonchev–Trinajstić information content (AvgIpc) is 3.10. The zero-order valence-electron chi connectivity index (χ0n) is 15.4. The minimum Gasteiger partial charge on any atom is -0.347 e. The number of hydrogen-bond acceptors (Lipinski definition) is 4. The molecule has 2 aromatic carbocycles. The largest absolute Gasteiger partial charge is 0.347 e. The van der Waals surface area contributed by atoms with Gasteiger partial charge in [-0.05, 0) is 49.9 Å². The smallest absolute Gasteiger partial charge is 0.246 e. The van der Waals surface area contributed by atoms with Gasteiger partial charge in [-0.1, -0.05) is 47.1 Å². The fourth-order valence-electron chi connectivity index (χ4n) is 2.71. The first kappa shape index (κ1) is 17.9. The highest BCUT2D eigenvalue weighted by Gasteiger charge is 2.10. The van der Waals surface area contributed by atoms with Gasteiger partial charge in [-0.15, -0.1) is 0 Å². The summed E-state index contributed by atoms with van der Waals surface area (Å²) in [4.78, 5) is 16.4. The van der Waals surface area contributed by atoms with Gasteiger partial charge in [-0.25, -0.2) is 0 Å². The van der Waals surface area contributed by atoms with Crippen molar-refractivity contribution in [1.29, 1.82) is 0 Å². The van der Waals surface area contributed by atoms with E-state index in [4.69, 9.17) is 4.52 Å². The Morgan fingerprint density at radius 2 is 1.92 bits per heavy atom. The minimum absolute atomic E-state index is 0.0291. The van der Waals surface area contributed by atoms with Crippen LogP contribution in [0.4, 0.5) is 0 Å². The molecular formula is C21H23N3O2. The van der Waals surface area contributed by atoms with E-state index >= 15 is 0 Å². The van der Waals surface area contributed by atoms with E-state index in [1.54, 1.807) is 0 Å². The van der Waals surface area contributed by atoms with Crippen molar-refractivity contribution in [1.82, 2.24) is 15.5 Å². The molecule has 26 heavy (non-hydrogen) atoms. The summed E-state index contributed by atoms with van der Waals surface area (Å²) in [5.41, 5.74) is 5.72. The number of aromatic nitrogens is 2. The molecule has 0 unspecified atom stereocenters. The van der Waals surface area contributed by atoms with Gasteiger partial charge in [0.1, 0.15) is 0 Å². The molecule has 1 N–H and O–H groups in total. The first-order valence-corrected chi connectivity index (χ1v) is 8.74. The molecule has 0 aliphatic carbocycles. The zero-order chi connectivity index (χ0) is 18.5. The Labute approximate surface area is 153 Å². The van der Waals surface area contributed by atoms with Crippen molar-refractivity contribution in [3.8, 4) is 11.4 Å². The zero-order valence-corrected chi connectivity index (χ0v) is 15.4. The molecule has 5 nitrogen and oxygen atoms in total. The van der Waals surface area contributed by atoms with Crippen LogP contribution in [0.3, 0.4) is 0 Å². The monoisotopic (exact) mass is 349 g/mol. The van der Waals surface area contributed by atoms with Gasteiger partial charge in [0.25, 0.3) is 0 Å². The molecule has 0 aliphatic heterocycles. The fourth-order valence-corrected chi connectivity index (χ4v) is 2.71. The first-order chi connectivity index (χ1) is 12.5. The normalized spacial score (nSPS) is 10.7. The molecule has 3 rings (SSSR count). The summed E-state index contributed by atoms with van der Waals surface area (Å²) in [6.45, 7) is 6.42. The number of hydrogen-bond donors (Lipinski definition) is 1. The third kappa shape index (κ3) is 4.57. The van der Waals surface area contributed by atoms with Gasteiger partial charge >= 0.3 is 0 Å². The van der Waals surface area contributed by atoms with E-state index in [1.165, 1.54) is 16.7 Å². The number of carbonyl (C=O) groups excluding carboxylic acids is 1. The number of amides is 1. The van der Waals surface area contributed by atoms with Crippen molar-refractivity contribution in [2.45, 2.75) is 40.2 Å². The number of rotatable bonds is 6. The summed E-state index contributed by atoms with van der Waals surface area (Å²) in [6.07, 6.45) is 1.15. The molecule has 0 fully saturated rings. The molecule has 1 heterocycles. The maximum Gasteiger partial charge on any atom is 0.246 e. The van der Waals surface area contributed by atoms with Crippen molar-refractivity contribution in [2.75, 3.05) is 0 Å². The maximum atomic E-state index is 12.1. The third-order valence-corrected chi connectivity index (χ3v) is 4.39. The number of nitrogens with zero attached hydrogens (tertiary/aromatic N) is 2. The Bertz CT molecular complexity index is 915. The van der Waals surface area contributed by atoms with Crippen LogP contribution in [0.15, 0.2) is 47.0 Å². The van der Waals surface area contributed by atoms with Crippen LogP contribution in [-0.2, 0) is 17.8 Å². The average molecular weight is 349 g/mol. The minimum atomic E-state index is -0.0291. The van der Waals surface area contributed by atoms with E-state index in [0.29, 0.717) is 24.6 Å². The molecule has 0 radical (unpaired) electrons. The molecule has 0 saturated carbocycles. The predicted octanol–water partition coefficient (Wildman–Crippen LogP) is 3.91. The van der Waals surface area contributed by atoms with Gasteiger partial charge in [-0.2, -0.15) is 4.98 Å². The summed E-state index contributed by atoms with van der Waals surface area (Å²) in [5, 5.41) is 6.82. The van der Waals surface area contributed by atoms with Crippen molar-refractivity contribution < 1.29 is 9.32 Å². The first-order valence-electron chi connectivity index (χ1n) is 8.74. The highest BCUT2D eigenvalue weighted by Crippen LogP contribution is 2.17. The van der Waals surface area contributed by atoms with Crippen LogP contribution in [0.1, 0.15) is 34.6 Å². The number of benzene rings is 2. The number of carbonyl (C=O) groups is 1. The lowest BCUT2D eigenvalue weighted by molar-refractivity contribution is -0.121. The molecule has 0 spiro atoms. The van der Waals surface area contributed by atoms with Crippen LogP contribution >= 0.6 is 0 Å². The van der Waals surface area contributed by atoms with Crippen molar-refractivity contribution in [3.63, 3.8) is 0 Å². The summed E-state index contributed by atoms with van der Waals surface area (Å²) >= 11 is 0. The van der Waals surface area contributed by atoms with Gasteiger partial charge in [0, 0.05) is 12.0 Å². The Kier molecular flexibility index (Phi) is 5.46. The quantitative estimate of drug-likeness (QED) is 0.732. The Morgan fingerprint density at radius 3 is 2.69 bits per heavy atom. The summed E-state index contributed by atoms with van der Waals surface area (Å²) in [5.74, 6) is 0.910. The number of aryl methyl sites for hydroxylation is 4. The highest BCUT2D eigenvalue weighted by atomic mass is 16.5. The van der Waals surface area contributed by atoms with E-state index in [9.17, 15) is 4.79 Å². The molecule has 1 amide bonds. The SMILES string of the molecule is Cc1cccc(-c2noc(CNC(=O)CCc3ccc(C)c(C)c3)n2)c1. The second-order valence-electron chi connectivity index (χ2n) is 6.58. The van der Waals surface area contributed by atoms with E-state index in [2.05, 4.69) is 47.5 Å². The van der Waals surface area contributed by atoms with Crippen molar-refractivity contribution in [2.24, 2.45) is 0 Å². The van der Waals surface area contributed by atoms with Crippen LogP contribution in [-0.4, -0.2) is 16.0 Å². The molecule has 0 saturated heterocycles. The lowest BCUT2D eigenvalue weighted by atomic mass is 10.0. The summed E-state index contributed by atoms with van der Waals surface area (Å²) in [6, 6.07) is 14.2. The molecule has 0 bridgehead atoms. The maximum absolute atomic E-state index is 12.1. The summed E-state index contributed by atoms with van der Waals surface area (Å²) < 4.78 is 5.23. The van der Waals surface area contributed by atoms with E-state index in [0.717, 1.165) is 11.1 Å². The molecule has 0 atom stereocenters. The predicted molar refractivity (Wildman–Crippen MR) is 101 cm³/mol. The summed E-state index contributed by atoms with van der Waals surface area (Å²) in [7, 11) is 0. The second kappa shape index (κ2) is 7.95. The Balaban J connectivity index is 1.51. The van der Waals surface area contributed by atoms with E-state index < -0.39 is 0 Å². The van der Waals surface area contributed by atoms with Gasteiger partial charge < -0.3 is 9.84 Å². The van der Waals surface area contributed by atoms with Gasteiger partial charge in [0.2, 0.25) is 17.6 Å². The standard InChI is InChI=1S/C21H23N3O2/c1-14-5-4-6-18(11-14)21-23-20(26-24-21)13-22-19(25)10-9-17-8-7-15(2)16(3)12-17/h4-8,11-12H,9-10,13H2,1-3H3,(H,22,25). The molecule has 1 aromatic heterocycles. The lowest BCUT2D eigenvalue weighted by Gasteiger charge is -2.05. The highest BCUT2D eigenvalue weighted by molar-refractivity contribution is 5.76. The van der Waals surface area contributed by atoms with Crippen LogP contribution in [0.25, 0.3) is 11.4 Å². The van der Waals surface area contributed by atoms with Crippen molar-refractivity contribution >= 4 is 5.91 Å². The second-order valence-corrected chi connectivity index (χ2v) is 6.58. The van der Waals surface area contributed by atoms with Gasteiger partial charge in [0.05, 0.1) is 6.54 Å². The molecule has 134 valence electrons. The Morgan fingerprint density at radius 1 is 1.08 bits per heavy atom.